The van der Waals surface area contributed by atoms with Gasteiger partial charge in [0.05, 0.1) is 5.16 Å². The molecule has 0 amide bonds. The van der Waals surface area contributed by atoms with Crippen LogP contribution < -0.4 is 5.09 Å². The van der Waals surface area contributed by atoms with E-state index in [1.54, 1.807) is 0 Å². The van der Waals surface area contributed by atoms with E-state index >= 15 is 0 Å². The molecule has 1 nitrogen and oxygen atoms in total. The van der Waals surface area contributed by atoms with Gasteiger partial charge in [-0.2, -0.15) is 0 Å². The third-order valence-electron chi connectivity index (χ3n) is 4.25. The van der Waals surface area contributed by atoms with Gasteiger partial charge in [-0.25, -0.2) is 0 Å². The zero-order chi connectivity index (χ0) is 17.8. The molecule has 128 valence electrons. The third kappa shape index (κ3) is 4.00. The van der Waals surface area contributed by atoms with Crippen molar-refractivity contribution in [3.05, 3.63) is 108 Å². The average Bonchev–Trinajstić information content (AvgIpc) is 2.64. The van der Waals surface area contributed by atoms with Gasteiger partial charge in [0, 0.05) is 5.54 Å². The van der Waals surface area contributed by atoms with Crippen molar-refractivity contribution in [2.24, 2.45) is 0 Å². The van der Waals surface area contributed by atoms with Gasteiger partial charge in [-0.05, 0) is 46.2 Å². The summed E-state index contributed by atoms with van der Waals surface area (Å²) in [6, 6.07) is 32.6. The van der Waals surface area contributed by atoms with E-state index in [4.69, 9.17) is 0 Å². The fraction of sp³-hybridized carbons (Fsp3) is 0.217. The molecule has 0 aliphatic rings. The summed E-state index contributed by atoms with van der Waals surface area (Å²) in [5.74, 6) is 0. The second-order valence-electron chi connectivity index (χ2n) is 7.35. The summed E-state index contributed by atoms with van der Waals surface area (Å²) in [7, 11) is 0.527. The van der Waals surface area contributed by atoms with Crippen LogP contribution >= 0.6 is 8.73 Å². The molecule has 2 heteroatoms. The van der Waals surface area contributed by atoms with E-state index in [0.29, 0.717) is 8.73 Å². The summed E-state index contributed by atoms with van der Waals surface area (Å²) in [6.45, 7) is 6.68. The van der Waals surface area contributed by atoms with E-state index in [-0.39, 0.29) is 10.7 Å². The maximum absolute atomic E-state index is 3.79. The van der Waals surface area contributed by atoms with Crippen molar-refractivity contribution < 1.29 is 0 Å². The summed E-state index contributed by atoms with van der Waals surface area (Å²) in [5, 5.41) is 3.59. The Morgan fingerprint density at radius 1 is 0.560 bits per heavy atom. The summed E-state index contributed by atoms with van der Waals surface area (Å²) in [5.41, 5.74) is 4.02. The molecule has 1 unspecified atom stereocenters. The predicted molar refractivity (Wildman–Crippen MR) is 110 cm³/mol. The fourth-order valence-electron chi connectivity index (χ4n) is 3.06. The molecule has 1 atom stereocenters. The Kier molecular flexibility index (Phi) is 5.37. The molecule has 3 rings (SSSR count). The molecule has 0 saturated heterocycles. The average molecular weight is 347 g/mol. The lowest BCUT2D eigenvalue weighted by molar-refractivity contribution is 0.528. The quantitative estimate of drug-likeness (QED) is 0.443. The van der Waals surface area contributed by atoms with Gasteiger partial charge >= 0.3 is 0 Å². The third-order valence-corrected chi connectivity index (χ3v) is 6.36. The Bertz CT molecular complexity index is 680. The van der Waals surface area contributed by atoms with Crippen LogP contribution in [0.25, 0.3) is 0 Å². The normalized spacial score (nSPS) is 12.6. The SMILES string of the molecule is CC(C)(C)NPC(c1ccccc1)(c1ccccc1)c1ccccc1. The topological polar surface area (TPSA) is 12.0 Å². The molecule has 0 aromatic heterocycles. The van der Waals surface area contributed by atoms with Crippen LogP contribution in [-0.4, -0.2) is 5.54 Å². The monoisotopic (exact) mass is 347 g/mol. The van der Waals surface area contributed by atoms with Gasteiger partial charge in [-0.15, -0.1) is 0 Å². The Hall–Kier alpha value is -1.95. The zero-order valence-corrected chi connectivity index (χ0v) is 16.2. The highest BCUT2D eigenvalue weighted by Crippen LogP contribution is 2.51. The predicted octanol–water partition coefficient (Wildman–Crippen LogP) is 5.96. The number of benzene rings is 3. The number of nitrogens with one attached hydrogen (secondary N) is 1. The first-order valence-corrected chi connectivity index (χ1v) is 9.73. The second-order valence-corrected chi connectivity index (χ2v) is 8.60. The maximum atomic E-state index is 3.79. The molecule has 0 spiro atoms. The first-order chi connectivity index (χ1) is 12.0. The van der Waals surface area contributed by atoms with Crippen LogP contribution in [-0.2, 0) is 5.16 Å². The van der Waals surface area contributed by atoms with E-state index in [9.17, 15) is 0 Å². The van der Waals surface area contributed by atoms with Gasteiger partial charge in [-0.1, -0.05) is 91.0 Å². The minimum atomic E-state index is -0.197. The fourth-order valence-corrected chi connectivity index (χ4v) is 4.56. The second kappa shape index (κ2) is 7.52. The van der Waals surface area contributed by atoms with E-state index in [1.807, 2.05) is 0 Å². The van der Waals surface area contributed by atoms with Crippen molar-refractivity contribution in [1.29, 1.82) is 0 Å². The molecule has 0 saturated carbocycles. The molecule has 0 bridgehead atoms. The van der Waals surface area contributed by atoms with Crippen molar-refractivity contribution >= 4 is 8.73 Å². The summed E-state index contributed by atoms with van der Waals surface area (Å²) < 4.78 is 0. The summed E-state index contributed by atoms with van der Waals surface area (Å²) in [6.07, 6.45) is 0. The van der Waals surface area contributed by atoms with Crippen molar-refractivity contribution in [3.8, 4) is 0 Å². The Labute approximate surface area is 153 Å². The lowest BCUT2D eigenvalue weighted by atomic mass is 9.84. The van der Waals surface area contributed by atoms with Crippen LogP contribution in [0.4, 0.5) is 0 Å². The highest BCUT2D eigenvalue weighted by molar-refractivity contribution is 7.38. The van der Waals surface area contributed by atoms with Crippen molar-refractivity contribution in [1.82, 2.24) is 5.09 Å². The zero-order valence-electron chi connectivity index (χ0n) is 15.2. The van der Waals surface area contributed by atoms with Gasteiger partial charge in [0.15, 0.2) is 0 Å². The van der Waals surface area contributed by atoms with E-state index in [2.05, 4.69) is 117 Å². The van der Waals surface area contributed by atoms with Gasteiger partial charge in [-0.3, -0.25) is 5.09 Å². The molecule has 1 N–H and O–H groups in total. The molecule has 0 radical (unpaired) electrons. The molecular weight excluding hydrogens is 321 g/mol. The van der Waals surface area contributed by atoms with Crippen LogP contribution in [0, 0.1) is 0 Å². The van der Waals surface area contributed by atoms with Crippen LogP contribution in [0.3, 0.4) is 0 Å². The number of rotatable bonds is 5. The van der Waals surface area contributed by atoms with Gasteiger partial charge < -0.3 is 0 Å². The van der Waals surface area contributed by atoms with E-state index in [1.165, 1.54) is 16.7 Å². The minimum absolute atomic E-state index is 0.0576. The molecular formula is C23H26NP. The van der Waals surface area contributed by atoms with Crippen LogP contribution in [0.5, 0.6) is 0 Å². The lowest BCUT2D eigenvalue weighted by Gasteiger charge is -2.38. The smallest absolute Gasteiger partial charge is 0.0754 e. The standard InChI is InChI=1S/C23H26NP/c1-22(2,3)24-25-23(19-13-7-4-8-14-19,20-15-9-5-10-16-20)21-17-11-6-12-18-21/h4-18,24-25H,1-3H3. The molecule has 0 aliphatic heterocycles. The van der Waals surface area contributed by atoms with Crippen LogP contribution in [0.1, 0.15) is 37.5 Å². The number of hydrogen-bond donors (Lipinski definition) is 1. The Balaban J connectivity index is 2.24. The molecule has 0 heterocycles. The van der Waals surface area contributed by atoms with E-state index < -0.39 is 0 Å². The maximum Gasteiger partial charge on any atom is 0.0754 e. The first kappa shape index (κ1) is 17.9. The lowest BCUT2D eigenvalue weighted by Crippen LogP contribution is -2.35. The molecule has 25 heavy (non-hydrogen) atoms. The largest absolute Gasteiger partial charge is 0.292 e. The Morgan fingerprint density at radius 3 is 1.16 bits per heavy atom. The summed E-state index contributed by atoms with van der Waals surface area (Å²) in [4.78, 5) is 0. The Morgan fingerprint density at radius 2 is 0.880 bits per heavy atom. The highest BCUT2D eigenvalue weighted by Gasteiger charge is 2.37. The molecule has 0 fully saturated rings. The van der Waals surface area contributed by atoms with Gasteiger partial charge in [0.25, 0.3) is 0 Å². The minimum Gasteiger partial charge on any atom is -0.292 e. The first-order valence-electron chi connectivity index (χ1n) is 8.73. The molecule has 3 aromatic rings. The van der Waals surface area contributed by atoms with Crippen molar-refractivity contribution in [3.63, 3.8) is 0 Å². The van der Waals surface area contributed by atoms with Crippen molar-refractivity contribution in [2.75, 3.05) is 0 Å². The van der Waals surface area contributed by atoms with Crippen molar-refractivity contribution in [2.45, 2.75) is 31.5 Å². The summed E-state index contributed by atoms with van der Waals surface area (Å²) >= 11 is 0. The number of hydrogen-bond acceptors (Lipinski definition) is 1. The highest BCUT2D eigenvalue weighted by atomic mass is 31.1. The van der Waals surface area contributed by atoms with Gasteiger partial charge in [0.2, 0.25) is 0 Å². The van der Waals surface area contributed by atoms with E-state index in [0.717, 1.165) is 0 Å². The van der Waals surface area contributed by atoms with Crippen LogP contribution in [0.2, 0.25) is 0 Å². The molecule has 0 aliphatic carbocycles. The van der Waals surface area contributed by atoms with Gasteiger partial charge in [0.1, 0.15) is 0 Å². The molecule has 3 aromatic carbocycles. The van der Waals surface area contributed by atoms with Crippen LogP contribution in [0.15, 0.2) is 91.0 Å².